The van der Waals surface area contributed by atoms with E-state index in [4.69, 9.17) is 9.47 Å². The molecule has 27 heavy (non-hydrogen) atoms. The Labute approximate surface area is 155 Å². The van der Waals surface area contributed by atoms with Crippen molar-refractivity contribution in [3.05, 3.63) is 58.1 Å². The lowest BCUT2D eigenvalue weighted by Gasteiger charge is -2.12. The lowest BCUT2D eigenvalue weighted by molar-refractivity contribution is -0.386. The van der Waals surface area contributed by atoms with Crippen LogP contribution < -0.4 is 14.9 Å². The molecule has 0 aliphatic heterocycles. The van der Waals surface area contributed by atoms with Gasteiger partial charge in [0.1, 0.15) is 0 Å². The summed E-state index contributed by atoms with van der Waals surface area (Å²) in [5.41, 5.74) is 2.67. The molecule has 9 nitrogen and oxygen atoms in total. The molecule has 2 N–H and O–H groups in total. The van der Waals surface area contributed by atoms with E-state index >= 15 is 0 Å². The number of carbonyl (C=O) groups excluding carboxylic acids is 1. The van der Waals surface area contributed by atoms with Crippen molar-refractivity contribution in [2.45, 2.75) is 20.0 Å². The molecule has 1 atom stereocenters. The van der Waals surface area contributed by atoms with Crippen molar-refractivity contribution >= 4 is 17.8 Å². The highest BCUT2D eigenvalue weighted by molar-refractivity contribution is 5.85. The van der Waals surface area contributed by atoms with E-state index in [9.17, 15) is 20.0 Å². The van der Waals surface area contributed by atoms with Crippen molar-refractivity contribution in [2.75, 3.05) is 6.61 Å². The van der Waals surface area contributed by atoms with Crippen LogP contribution >= 0.6 is 0 Å². The standard InChI is InChI=1S/C18H19N3O6/c1-3-26-17-10-13(8-9-15(17)22)11-19-20-18(23)12(2)27-16-7-5-4-6-14(16)21(24)25/h4-12,22H,3H2,1-2H3,(H,20,23). The van der Waals surface area contributed by atoms with Gasteiger partial charge in [0.2, 0.25) is 0 Å². The van der Waals surface area contributed by atoms with Crippen molar-refractivity contribution in [2.24, 2.45) is 5.10 Å². The maximum atomic E-state index is 12.1. The number of aromatic hydroxyl groups is 1. The molecule has 0 bridgehead atoms. The number of para-hydroxylation sites is 2. The number of hydrazone groups is 1. The maximum absolute atomic E-state index is 12.1. The Kier molecular flexibility index (Phi) is 6.70. The van der Waals surface area contributed by atoms with E-state index in [2.05, 4.69) is 10.5 Å². The largest absolute Gasteiger partial charge is 0.504 e. The van der Waals surface area contributed by atoms with Crippen LogP contribution in [-0.2, 0) is 4.79 Å². The highest BCUT2D eigenvalue weighted by Gasteiger charge is 2.20. The number of nitrogens with one attached hydrogen (secondary N) is 1. The van der Waals surface area contributed by atoms with Crippen molar-refractivity contribution in [1.29, 1.82) is 0 Å². The van der Waals surface area contributed by atoms with Gasteiger partial charge in [0.05, 0.1) is 17.7 Å². The zero-order valence-electron chi connectivity index (χ0n) is 14.8. The van der Waals surface area contributed by atoms with E-state index in [-0.39, 0.29) is 17.2 Å². The summed E-state index contributed by atoms with van der Waals surface area (Å²) in [4.78, 5) is 22.4. The molecule has 0 heterocycles. The number of nitro groups is 1. The van der Waals surface area contributed by atoms with Crippen molar-refractivity contribution in [1.82, 2.24) is 5.43 Å². The minimum absolute atomic E-state index is 0.00418. The van der Waals surface area contributed by atoms with Crippen LogP contribution in [0.4, 0.5) is 5.69 Å². The molecular weight excluding hydrogens is 354 g/mol. The van der Waals surface area contributed by atoms with Crippen LogP contribution in [0.1, 0.15) is 19.4 Å². The normalized spacial score (nSPS) is 11.8. The second kappa shape index (κ2) is 9.18. The number of hydrogen-bond acceptors (Lipinski definition) is 7. The molecule has 2 aromatic rings. The van der Waals surface area contributed by atoms with E-state index in [0.29, 0.717) is 17.9 Å². The van der Waals surface area contributed by atoms with Gasteiger partial charge in [0.15, 0.2) is 23.4 Å². The number of nitro benzene ring substituents is 1. The van der Waals surface area contributed by atoms with Gasteiger partial charge in [-0.05, 0) is 43.7 Å². The van der Waals surface area contributed by atoms with Gasteiger partial charge in [-0.3, -0.25) is 14.9 Å². The minimum Gasteiger partial charge on any atom is -0.504 e. The zero-order valence-corrected chi connectivity index (χ0v) is 14.8. The van der Waals surface area contributed by atoms with E-state index in [0.717, 1.165) is 0 Å². The Balaban J connectivity index is 1.98. The minimum atomic E-state index is -0.998. The molecule has 2 rings (SSSR count). The molecule has 0 aromatic heterocycles. The number of amides is 1. The van der Waals surface area contributed by atoms with E-state index in [1.54, 1.807) is 25.1 Å². The third kappa shape index (κ3) is 5.43. The first kappa shape index (κ1) is 19.7. The summed E-state index contributed by atoms with van der Waals surface area (Å²) >= 11 is 0. The van der Waals surface area contributed by atoms with Crippen LogP contribution in [0.2, 0.25) is 0 Å². The number of rotatable bonds is 8. The molecule has 1 amide bonds. The number of phenols is 1. The first-order chi connectivity index (χ1) is 12.9. The van der Waals surface area contributed by atoms with Gasteiger partial charge in [-0.15, -0.1) is 0 Å². The Morgan fingerprint density at radius 2 is 2.07 bits per heavy atom. The predicted molar refractivity (Wildman–Crippen MR) is 98.2 cm³/mol. The summed E-state index contributed by atoms with van der Waals surface area (Å²) in [5.74, 6) is -0.271. The summed E-state index contributed by atoms with van der Waals surface area (Å²) in [6, 6.07) is 10.4. The molecule has 0 radical (unpaired) electrons. The Morgan fingerprint density at radius 3 is 2.78 bits per heavy atom. The van der Waals surface area contributed by atoms with Crippen molar-refractivity contribution < 1.29 is 24.3 Å². The first-order valence-electron chi connectivity index (χ1n) is 8.11. The molecule has 0 aliphatic rings. The summed E-state index contributed by atoms with van der Waals surface area (Å²) in [5, 5.41) is 24.4. The van der Waals surface area contributed by atoms with E-state index in [1.807, 2.05) is 0 Å². The van der Waals surface area contributed by atoms with Crippen LogP contribution in [-0.4, -0.2) is 34.9 Å². The second-order valence-corrected chi connectivity index (χ2v) is 5.38. The van der Waals surface area contributed by atoms with E-state index in [1.165, 1.54) is 37.4 Å². The van der Waals surface area contributed by atoms with Crippen LogP contribution in [0.15, 0.2) is 47.6 Å². The Morgan fingerprint density at radius 1 is 1.33 bits per heavy atom. The fourth-order valence-corrected chi connectivity index (χ4v) is 2.10. The second-order valence-electron chi connectivity index (χ2n) is 5.38. The van der Waals surface area contributed by atoms with Crippen LogP contribution in [0.3, 0.4) is 0 Å². The number of hydrogen-bond donors (Lipinski definition) is 2. The molecule has 0 saturated carbocycles. The predicted octanol–water partition coefficient (Wildman–Crippen LogP) is 2.62. The number of nitrogens with zero attached hydrogens (tertiary/aromatic N) is 2. The molecule has 2 aromatic carbocycles. The fraction of sp³-hybridized carbons (Fsp3) is 0.222. The van der Waals surface area contributed by atoms with E-state index < -0.39 is 16.9 Å². The average molecular weight is 373 g/mol. The summed E-state index contributed by atoms with van der Waals surface area (Å²) < 4.78 is 10.6. The van der Waals surface area contributed by atoms with Gasteiger partial charge < -0.3 is 14.6 Å². The first-order valence-corrected chi connectivity index (χ1v) is 8.11. The topological polar surface area (TPSA) is 123 Å². The highest BCUT2D eigenvalue weighted by Crippen LogP contribution is 2.27. The summed E-state index contributed by atoms with van der Waals surface area (Å²) in [6.07, 6.45) is 0.374. The summed E-state index contributed by atoms with van der Waals surface area (Å²) in [6.45, 7) is 3.64. The number of carbonyl (C=O) groups is 1. The quantitative estimate of drug-likeness (QED) is 0.416. The highest BCUT2D eigenvalue weighted by atomic mass is 16.6. The maximum Gasteiger partial charge on any atom is 0.310 e. The van der Waals surface area contributed by atoms with Crippen molar-refractivity contribution in [3.8, 4) is 17.2 Å². The molecule has 0 saturated heterocycles. The third-order valence-electron chi connectivity index (χ3n) is 3.41. The van der Waals surface area contributed by atoms with Gasteiger partial charge >= 0.3 is 5.69 Å². The molecule has 9 heteroatoms. The van der Waals surface area contributed by atoms with Crippen LogP contribution in [0.25, 0.3) is 0 Å². The summed E-state index contributed by atoms with van der Waals surface area (Å²) in [7, 11) is 0. The van der Waals surface area contributed by atoms with Gasteiger partial charge in [-0.25, -0.2) is 5.43 Å². The van der Waals surface area contributed by atoms with Gasteiger partial charge in [0, 0.05) is 6.07 Å². The average Bonchev–Trinajstić information content (AvgIpc) is 2.64. The Hall–Kier alpha value is -3.62. The van der Waals surface area contributed by atoms with Gasteiger partial charge in [-0.2, -0.15) is 5.10 Å². The zero-order chi connectivity index (χ0) is 19.8. The SMILES string of the molecule is CCOc1cc(C=NNC(=O)C(C)Oc2ccccc2[N+](=O)[O-])ccc1O. The number of ether oxygens (including phenoxy) is 2. The molecule has 142 valence electrons. The monoisotopic (exact) mass is 373 g/mol. The van der Waals surface area contributed by atoms with Gasteiger partial charge in [-0.1, -0.05) is 12.1 Å². The lowest BCUT2D eigenvalue weighted by atomic mass is 10.2. The van der Waals surface area contributed by atoms with Gasteiger partial charge in [0.25, 0.3) is 5.91 Å². The van der Waals surface area contributed by atoms with Crippen molar-refractivity contribution in [3.63, 3.8) is 0 Å². The molecular formula is C18H19N3O6. The fourth-order valence-electron chi connectivity index (χ4n) is 2.10. The molecule has 0 spiro atoms. The lowest BCUT2D eigenvalue weighted by Crippen LogP contribution is -2.33. The third-order valence-corrected chi connectivity index (χ3v) is 3.41. The molecule has 0 aliphatic carbocycles. The molecule has 1 unspecified atom stereocenters. The van der Waals surface area contributed by atoms with Crippen LogP contribution in [0.5, 0.6) is 17.2 Å². The molecule has 0 fully saturated rings. The Bertz CT molecular complexity index is 853. The number of benzene rings is 2. The van der Waals surface area contributed by atoms with Crippen LogP contribution in [0, 0.1) is 10.1 Å². The smallest absolute Gasteiger partial charge is 0.310 e. The number of phenolic OH excluding ortho intramolecular Hbond substituents is 1.